The molecule has 32 heavy (non-hydrogen) atoms. The van der Waals surface area contributed by atoms with Gasteiger partial charge in [0.1, 0.15) is 0 Å². The summed E-state index contributed by atoms with van der Waals surface area (Å²) in [6, 6.07) is 19.4. The van der Waals surface area contributed by atoms with E-state index in [0.29, 0.717) is 28.8 Å². The summed E-state index contributed by atoms with van der Waals surface area (Å²) in [4.78, 5) is 41.7. The Balaban J connectivity index is 1.54. The SMILES string of the molecule is CCn1ncc2c(C(=O)OCC(=O)NC(=O)c3ccccc3)cc(-c3ccccc3)nc21. The molecular weight excluding hydrogens is 408 g/mol. The van der Waals surface area contributed by atoms with Crippen molar-refractivity contribution in [2.24, 2.45) is 0 Å². The molecule has 2 amide bonds. The molecule has 4 rings (SSSR count). The molecular formula is C24H20N4O4. The van der Waals surface area contributed by atoms with Gasteiger partial charge < -0.3 is 4.74 Å². The first kappa shape index (κ1) is 20.9. The van der Waals surface area contributed by atoms with Gasteiger partial charge in [-0.25, -0.2) is 14.5 Å². The molecule has 0 fully saturated rings. The minimum Gasteiger partial charge on any atom is -0.452 e. The van der Waals surface area contributed by atoms with E-state index in [1.807, 2.05) is 37.3 Å². The number of amides is 2. The van der Waals surface area contributed by atoms with Gasteiger partial charge in [0.2, 0.25) is 0 Å². The second-order valence-electron chi connectivity index (χ2n) is 6.94. The Bertz CT molecular complexity index is 1280. The van der Waals surface area contributed by atoms with Gasteiger partial charge in [0, 0.05) is 17.7 Å². The van der Waals surface area contributed by atoms with Crippen LogP contribution in [0.25, 0.3) is 22.3 Å². The number of imide groups is 1. The van der Waals surface area contributed by atoms with E-state index in [-0.39, 0.29) is 5.56 Å². The molecule has 2 aromatic carbocycles. The molecule has 8 heteroatoms. The maximum absolute atomic E-state index is 12.8. The van der Waals surface area contributed by atoms with Gasteiger partial charge in [0.05, 0.1) is 22.8 Å². The van der Waals surface area contributed by atoms with E-state index in [1.54, 1.807) is 47.3 Å². The van der Waals surface area contributed by atoms with Crippen molar-refractivity contribution >= 4 is 28.8 Å². The Kier molecular flexibility index (Phi) is 6.03. The molecule has 0 saturated carbocycles. The number of rotatable bonds is 6. The second-order valence-corrected chi connectivity index (χ2v) is 6.94. The van der Waals surface area contributed by atoms with Crippen molar-refractivity contribution in [3.8, 4) is 11.3 Å². The van der Waals surface area contributed by atoms with Gasteiger partial charge in [-0.15, -0.1) is 0 Å². The lowest BCUT2D eigenvalue weighted by atomic mass is 10.1. The van der Waals surface area contributed by atoms with Crippen molar-refractivity contribution in [2.75, 3.05) is 6.61 Å². The van der Waals surface area contributed by atoms with Crippen LogP contribution < -0.4 is 5.32 Å². The molecule has 160 valence electrons. The summed E-state index contributed by atoms with van der Waals surface area (Å²) in [5.74, 6) is -1.98. The van der Waals surface area contributed by atoms with Crippen molar-refractivity contribution in [3.63, 3.8) is 0 Å². The van der Waals surface area contributed by atoms with Crippen molar-refractivity contribution in [3.05, 3.63) is 84.1 Å². The van der Waals surface area contributed by atoms with E-state index in [9.17, 15) is 14.4 Å². The van der Waals surface area contributed by atoms with Gasteiger partial charge in [-0.2, -0.15) is 5.10 Å². The highest BCUT2D eigenvalue weighted by Gasteiger charge is 2.20. The average molecular weight is 428 g/mol. The molecule has 2 heterocycles. The number of pyridine rings is 1. The monoisotopic (exact) mass is 428 g/mol. The number of ether oxygens (including phenoxy) is 1. The molecule has 0 radical (unpaired) electrons. The van der Waals surface area contributed by atoms with Crippen molar-refractivity contribution < 1.29 is 19.1 Å². The standard InChI is InChI=1S/C24H20N4O4/c1-2-28-22-19(14-25-28)18(13-20(26-22)16-9-5-3-6-10-16)24(31)32-15-21(29)27-23(30)17-11-7-4-8-12-17/h3-14H,2,15H2,1H3,(H,27,29,30). The highest BCUT2D eigenvalue weighted by Crippen LogP contribution is 2.25. The molecule has 1 N–H and O–H groups in total. The lowest BCUT2D eigenvalue weighted by molar-refractivity contribution is -0.123. The zero-order chi connectivity index (χ0) is 22.5. The summed E-state index contributed by atoms with van der Waals surface area (Å²) in [5.41, 5.74) is 2.55. The quantitative estimate of drug-likeness (QED) is 0.473. The first-order valence-corrected chi connectivity index (χ1v) is 10.0. The molecule has 0 saturated heterocycles. The Hall–Kier alpha value is -4.33. The average Bonchev–Trinajstić information content (AvgIpc) is 3.26. The number of nitrogens with one attached hydrogen (secondary N) is 1. The molecule has 2 aromatic heterocycles. The van der Waals surface area contributed by atoms with Crippen LogP contribution in [0.5, 0.6) is 0 Å². The fourth-order valence-corrected chi connectivity index (χ4v) is 3.24. The van der Waals surface area contributed by atoms with Gasteiger partial charge >= 0.3 is 5.97 Å². The third-order valence-corrected chi connectivity index (χ3v) is 4.82. The van der Waals surface area contributed by atoms with Gasteiger partial charge in [-0.05, 0) is 25.1 Å². The summed E-state index contributed by atoms with van der Waals surface area (Å²) in [7, 11) is 0. The molecule has 0 spiro atoms. The van der Waals surface area contributed by atoms with E-state index < -0.39 is 24.4 Å². The van der Waals surface area contributed by atoms with E-state index >= 15 is 0 Å². The second kappa shape index (κ2) is 9.22. The van der Waals surface area contributed by atoms with Gasteiger partial charge in [0.15, 0.2) is 12.3 Å². The van der Waals surface area contributed by atoms with Crippen molar-refractivity contribution in [1.82, 2.24) is 20.1 Å². The first-order chi connectivity index (χ1) is 15.6. The maximum Gasteiger partial charge on any atom is 0.339 e. The van der Waals surface area contributed by atoms with Crippen molar-refractivity contribution in [2.45, 2.75) is 13.5 Å². The number of carbonyl (C=O) groups excluding carboxylic acids is 3. The third-order valence-electron chi connectivity index (χ3n) is 4.82. The largest absolute Gasteiger partial charge is 0.452 e. The number of esters is 1. The van der Waals surface area contributed by atoms with Gasteiger partial charge in [-0.3, -0.25) is 14.9 Å². The number of aryl methyl sites for hydroxylation is 1. The van der Waals surface area contributed by atoms with Crippen LogP contribution in [-0.4, -0.2) is 39.2 Å². The summed E-state index contributed by atoms with van der Waals surface area (Å²) in [5, 5.41) is 7.01. The smallest absolute Gasteiger partial charge is 0.339 e. The zero-order valence-electron chi connectivity index (χ0n) is 17.3. The number of hydrogen-bond donors (Lipinski definition) is 1. The zero-order valence-corrected chi connectivity index (χ0v) is 17.3. The van der Waals surface area contributed by atoms with Gasteiger partial charge in [0.25, 0.3) is 11.8 Å². The number of benzene rings is 2. The summed E-state index contributed by atoms with van der Waals surface area (Å²) in [6.07, 6.45) is 1.55. The minimum absolute atomic E-state index is 0.246. The number of aromatic nitrogens is 3. The Morgan fingerprint density at radius 2 is 1.69 bits per heavy atom. The molecule has 4 aromatic rings. The van der Waals surface area contributed by atoms with E-state index in [1.165, 1.54) is 0 Å². The Labute approximate surface area is 183 Å². The molecule has 0 bridgehead atoms. The topological polar surface area (TPSA) is 103 Å². The third kappa shape index (κ3) is 4.39. The van der Waals surface area contributed by atoms with Crippen LogP contribution in [0.1, 0.15) is 27.6 Å². The Morgan fingerprint density at radius 3 is 2.38 bits per heavy atom. The lowest BCUT2D eigenvalue weighted by Gasteiger charge is -2.09. The normalized spacial score (nSPS) is 10.7. The van der Waals surface area contributed by atoms with Crippen LogP contribution in [-0.2, 0) is 16.1 Å². The molecule has 0 atom stereocenters. The van der Waals surface area contributed by atoms with E-state index in [4.69, 9.17) is 4.74 Å². The highest BCUT2D eigenvalue weighted by atomic mass is 16.5. The summed E-state index contributed by atoms with van der Waals surface area (Å²) in [6.45, 7) is 1.91. The van der Waals surface area contributed by atoms with Crippen LogP contribution in [0, 0.1) is 0 Å². The van der Waals surface area contributed by atoms with Crippen LogP contribution >= 0.6 is 0 Å². The lowest BCUT2D eigenvalue weighted by Crippen LogP contribution is -2.34. The predicted octanol–water partition coefficient (Wildman–Crippen LogP) is 3.23. The molecule has 0 aliphatic heterocycles. The summed E-state index contributed by atoms with van der Waals surface area (Å²) >= 11 is 0. The predicted molar refractivity (Wildman–Crippen MR) is 118 cm³/mol. The number of nitrogens with zero attached hydrogens (tertiary/aromatic N) is 3. The van der Waals surface area contributed by atoms with E-state index in [2.05, 4.69) is 15.4 Å². The van der Waals surface area contributed by atoms with Crippen LogP contribution in [0.3, 0.4) is 0 Å². The Morgan fingerprint density at radius 1 is 1.00 bits per heavy atom. The van der Waals surface area contributed by atoms with Crippen LogP contribution in [0.2, 0.25) is 0 Å². The molecule has 0 aliphatic carbocycles. The molecule has 0 unspecified atom stereocenters. The fourth-order valence-electron chi connectivity index (χ4n) is 3.24. The number of carbonyl (C=O) groups is 3. The van der Waals surface area contributed by atoms with Crippen LogP contribution in [0.15, 0.2) is 72.9 Å². The molecule has 8 nitrogen and oxygen atoms in total. The fraction of sp³-hybridized carbons (Fsp3) is 0.125. The number of hydrogen-bond acceptors (Lipinski definition) is 6. The summed E-state index contributed by atoms with van der Waals surface area (Å²) < 4.78 is 6.88. The number of fused-ring (bicyclic) bond motifs is 1. The first-order valence-electron chi connectivity index (χ1n) is 10.0. The van der Waals surface area contributed by atoms with Crippen molar-refractivity contribution in [1.29, 1.82) is 0 Å². The van der Waals surface area contributed by atoms with E-state index in [0.717, 1.165) is 5.56 Å². The van der Waals surface area contributed by atoms with Crippen LogP contribution in [0.4, 0.5) is 0 Å². The highest BCUT2D eigenvalue weighted by molar-refractivity contribution is 6.07. The minimum atomic E-state index is -0.718. The van der Waals surface area contributed by atoms with Gasteiger partial charge in [-0.1, -0.05) is 48.5 Å². The maximum atomic E-state index is 12.8. The molecule has 0 aliphatic rings.